The first kappa shape index (κ1) is 19.4. The highest BCUT2D eigenvalue weighted by Gasteiger charge is 2.19. The van der Waals surface area contributed by atoms with Crippen LogP contribution in [0.2, 0.25) is 0 Å². The number of amides is 1. The van der Waals surface area contributed by atoms with Crippen molar-refractivity contribution in [1.82, 2.24) is 5.32 Å². The quantitative estimate of drug-likeness (QED) is 0.786. The molecule has 1 amide bonds. The van der Waals surface area contributed by atoms with Crippen molar-refractivity contribution in [2.24, 2.45) is 0 Å². The molecule has 0 radical (unpaired) electrons. The van der Waals surface area contributed by atoms with Crippen LogP contribution in [0.3, 0.4) is 0 Å². The SMILES string of the molecule is COc1cc(OC)c(C(=O)NCC(C)N(C)c2ccccc2)cc1OC. The molecule has 1 N–H and O–H groups in total. The Morgan fingerprint density at radius 3 is 2.15 bits per heavy atom. The number of rotatable bonds is 8. The van der Waals surface area contributed by atoms with Crippen LogP contribution in [-0.4, -0.2) is 46.9 Å². The number of anilines is 1. The van der Waals surface area contributed by atoms with Crippen LogP contribution in [0.5, 0.6) is 17.2 Å². The Bertz CT molecular complexity index is 734. The van der Waals surface area contributed by atoms with Crippen molar-refractivity contribution < 1.29 is 19.0 Å². The molecule has 6 nitrogen and oxygen atoms in total. The van der Waals surface area contributed by atoms with Crippen LogP contribution in [0.4, 0.5) is 5.69 Å². The van der Waals surface area contributed by atoms with Gasteiger partial charge < -0.3 is 24.4 Å². The van der Waals surface area contributed by atoms with Crippen LogP contribution < -0.4 is 24.4 Å². The summed E-state index contributed by atoms with van der Waals surface area (Å²) >= 11 is 0. The van der Waals surface area contributed by atoms with Gasteiger partial charge >= 0.3 is 0 Å². The lowest BCUT2D eigenvalue weighted by atomic mass is 10.1. The summed E-state index contributed by atoms with van der Waals surface area (Å²) in [6.45, 7) is 2.54. The number of benzene rings is 2. The maximum Gasteiger partial charge on any atom is 0.255 e. The van der Waals surface area contributed by atoms with Gasteiger partial charge in [0.25, 0.3) is 5.91 Å². The van der Waals surface area contributed by atoms with Gasteiger partial charge in [0.05, 0.1) is 26.9 Å². The van der Waals surface area contributed by atoms with Crippen LogP contribution in [0.15, 0.2) is 42.5 Å². The summed E-state index contributed by atoms with van der Waals surface area (Å²) in [7, 11) is 6.59. The Kier molecular flexibility index (Phi) is 6.72. The fraction of sp³-hybridized carbons (Fsp3) is 0.350. The Balaban J connectivity index is 2.10. The Morgan fingerprint density at radius 2 is 1.58 bits per heavy atom. The number of likely N-dealkylation sites (N-methyl/N-ethyl adjacent to an activating group) is 1. The molecule has 6 heteroatoms. The fourth-order valence-corrected chi connectivity index (χ4v) is 2.60. The maximum atomic E-state index is 12.6. The molecular weight excluding hydrogens is 332 g/mol. The third kappa shape index (κ3) is 4.39. The molecule has 0 aromatic heterocycles. The average Bonchev–Trinajstić information content (AvgIpc) is 2.70. The first-order chi connectivity index (χ1) is 12.5. The molecule has 2 aromatic rings. The largest absolute Gasteiger partial charge is 0.496 e. The Morgan fingerprint density at radius 1 is 1.00 bits per heavy atom. The molecule has 26 heavy (non-hydrogen) atoms. The van der Waals surface area contributed by atoms with E-state index in [1.807, 2.05) is 37.4 Å². The molecule has 0 aliphatic carbocycles. The number of carbonyl (C=O) groups is 1. The first-order valence-electron chi connectivity index (χ1n) is 8.37. The summed E-state index contributed by atoms with van der Waals surface area (Å²) in [6.07, 6.45) is 0. The molecule has 0 aliphatic heterocycles. The normalized spacial score (nSPS) is 11.4. The van der Waals surface area contributed by atoms with Gasteiger partial charge in [-0.3, -0.25) is 4.79 Å². The predicted octanol–water partition coefficient (Wildman–Crippen LogP) is 2.97. The highest BCUT2D eigenvalue weighted by molar-refractivity contribution is 5.97. The minimum Gasteiger partial charge on any atom is -0.496 e. The number of ether oxygens (including phenoxy) is 3. The van der Waals surface area contributed by atoms with E-state index >= 15 is 0 Å². The second-order valence-electron chi connectivity index (χ2n) is 5.91. The lowest BCUT2D eigenvalue weighted by Crippen LogP contribution is -2.40. The van der Waals surface area contributed by atoms with Crippen LogP contribution in [0.1, 0.15) is 17.3 Å². The van der Waals surface area contributed by atoms with Crippen LogP contribution in [0, 0.1) is 0 Å². The number of hydrogen-bond acceptors (Lipinski definition) is 5. The standard InChI is InChI=1S/C20H26N2O4/c1-14(22(2)15-9-7-6-8-10-15)13-21-20(23)16-11-18(25-4)19(26-5)12-17(16)24-3/h6-12,14H,13H2,1-5H3,(H,21,23). The lowest BCUT2D eigenvalue weighted by molar-refractivity contribution is 0.0948. The smallest absolute Gasteiger partial charge is 0.255 e. The third-order valence-electron chi connectivity index (χ3n) is 4.33. The zero-order valence-corrected chi connectivity index (χ0v) is 15.9. The van der Waals surface area contributed by atoms with Crippen molar-refractivity contribution in [1.29, 1.82) is 0 Å². The monoisotopic (exact) mass is 358 g/mol. The van der Waals surface area contributed by atoms with Crippen molar-refractivity contribution in [2.45, 2.75) is 13.0 Å². The lowest BCUT2D eigenvalue weighted by Gasteiger charge is -2.27. The molecule has 0 spiro atoms. The molecule has 0 fully saturated rings. The van der Waals surface area contributed by atoms with Crippen molar-refractivity contribution in [2.75, 3.05) is 39.8 Å². The summed E-state index contributed by atoms with van der Waals surface area (Å²) in [5.41, 5.74) is 1.50. The van der Waals surface area contributed by atoms with Crippen molar-refractivity contribution in [3.05, 3.63) is 48.0 Å². The highest BCUT2D eigenvalue weighted by Crippen LogP contribution is 2.34. The third-order valence-corrected chi connectivity index (χ3v) is 4.33. The van der Waals surface area contributed by atoms with E-state index in [9.17, 15) is 4.79 Å². The minimum atomic E-state index is -0.226. The molecule has 140 valence electrons. The molecule has 0 heterocycles. The summed E-state index contributed by atoms with van der Waals surface area (Å²) < 4.78 is 15.9. The molecule has 0 saturated heterocycles. The molecular formula is C20H26N2O4. The van der Waals surface area contributed by atoms with E-state index in [4.69, 9.17) is 14.2 Å². The zero-order chi connectivity index (χ0) is 19.1. The fourth-order valence-electron chi connectivity index (χ4n) is 2.60. The van der Waals surface area contributed by atoms with Gasteiger partial charge in [-0.1, -0.05) is 18.2 Å². The van der Waals surface area contributed by atoms with E-state index in [2.05, 4.69) is 17.1 Å². The number of nitrogens with zero attached hydrogens (tertiary/aromatic N) is 1. The molecule has 0 aliphatic rings. The number of para-hydroxylation sites is 1. The van der Waals surface area contributed by atoms with Crippen molar-refractivity contribution in [3.8, 4) is 17.2 Å². The second-order valence-corrected chi connectivity index (χ2v) is 5.91. The van der Waals surface area contributed by atoms with Gasteiger partial charge in [0.2, 0.25) is 0 Å². The van der Waals surface area contributed by atoms with Crippen LogP contribution in [0.25, 0.3) is 0 Å². The molecule has 1 unspecified atom stereocenters. The van der Waals surface area contributed by atoms with Crippen LogP contribution in [-0.2, 0) is 0 Å². The van der Waals surface area contributed by atoms with Gasteiger partial charge in [-0.25, -0.2) is 0 Å². The van der Waals surface area contributed by atoms with E-state index < -0.39 is 0 Å². The van der Waals surface area contributed by atoms with Gasteiger partial charge in [-0.2, -0.15) is 0 Å². The van der Waals surface area contributed by atoms with E-state index in [0.29, 0.717) is 29.4 Å². The van der Waals surface area contributed by atoms with Crippen molar-refractivity contribution in [3.63, 3.8) is 0 Å². The van der Waals surface area contributed by atoms with Gasteiger partial charge in [-0.15, -0.1) is 0 Å². The maximum absolute atomic E-state index is 12.6. The second kappa shape index (κ2) is 8.99. The van der Waals surface area contributed by atoms with E-state index in [0.717, 1.165) is 5.69 Å². The average molecular weight is 358 g/mol. The Labute approximate surface area is 154 Å². The number of methoxy groups -OCH3 is 3. The molecule has 0 bridgehead atoms. The number of carbonyl (C=O) groups excluding carboxylic acids is 1. The van der Waals surface area contributed by atoms with Gasteiger partial charge in [0.1, 0.15) is 5.75 Å². The van der Waals surface area contributed by atoms with Crippen LogP contribution >= 0.6 is 0 Å². The molecule has 2 rings (SSSR count). The van der Waals surface area contributed by atoms with Crippen molar-refractivity contribution >= 4 is 11.6 Å². The Hall–Kier alpha value is -2.89. The summed E-state index contributed by atoms with van der Waals surface area (Å²) in [6, 6.07) is 13.4. The minimum absolute atomic E-state index is 0.118. The molecule has 1 atom stereocenters. The summed E-state index contributed by atoms with van der Waals surface area (Å²) in [5, 5.41) is 2.96. The van der Waals surface area contributed by atoms with Gasteiger partial charge in [-0.05, 0) is 19.1 Å². The summed E-state index contributed by atoms with van der Waals surface area (Å²) in [4.78, 5) is 14.8. The zero-order valence-electron chi connectivity index (χ0n) is 15.9. The first-order valence-corrected chi connectivity index (χ1v) is 8.37. The van der Waals surface area contributed by atoms with Gasteiger partial charge in [0.15, 0.2) is 11.5 Å². The number of hydrogen-bond donors (Lipinski definition) is 1. The molecule has 2 aromatic carbocycles. The van der Waals surface area contributed by atoms with E-state index in [1.165, 1.54) is 21.3 Å². The van der Waals surface area contributed by atoms with E-state index in [-0.39, 0.29) is 11.9 Å². The molecule has 0 saturated carbocycles. The number of nitrogens with one attached hydrogen (secondary N) is 1. The van der Waals surface area contributed by atoms with Gasteiger partial charge in [0, 0.05) is 37.5 Å². The summed E-state index contributed by atoms with van der Waals surface area (Å²) in [5.74, 6) is 1.20. The predicted molar refractivity (Wildman–Crippen MR) is 103 cm³/mol. The topological polar surface area (TPSA) is 60.0 Å². The van der Waals surface area contributed by atoms with E-state index in [1.54, 1.807) is 12.1 Å². The highest BCUT2D eigenvalue weighted by atomic mass is 16.5.